The molecule has 1 atom stereocenters. The van der Waals surface area contributed by atoms with Crippen LogP contribution in [0.3, 0.4) is 0 Å². The van der Waals surface area contributed by atoms with E-state index in [1.165, 1.54) is 30.9 Å². The summed E-state index contributed by atoms with van der Waals surface area (Å²) >= 11 is 0. The van der Waals surface area contributed by atoms with Crippen LogP contribution in [0.4, 0.5) is 5.69 Å². The van der Waals surface area contributed by atoms with Crippen LogP contribution in [0.25, 0.3) is 11.0 Å². The number of ether oxygens (including phenoxy) is 4. The summed E-state index contributed by atoms with van der Waals surface area (Å²) in [4.78, 5) is 30.1. The van der Waals surface area contributed by atoms with Gasteiger partial charge >= 0.3 is 0 Å². The molecule has 11 heteroatoms. The fraction of sp³-hybridized carbons (Fsp3) is 0.212. The van der Waals surface area contributed by atoms with Crippen LogP contribution in [0.5, 0.6) is 23.0 Å². The van der Waals surface area contributed by atoms with E-state index in [-0.39, 0.29) is 19.0 Å². The lowest BCUT2D eigenvalue weighted by molar-refractivity contribution is -0.140. The van der Waals surface area contributed by atoms with Crippen molar-refractivity contribution in [2.24, 2.45) is 0 Å². The molecule has 226 valence electrons. The van der Waals surface area contributed by atoms with Crippen LogP contribution in [0, 0.1) is 0 Å². The van der Waals surface area contributed by atoms with E-state index in [1.807, 2.05) is 54.6 Å². The summed E-state index contributed by atoms with van der Waals surface area (Å²) in [6.07, 6.45) is 0. The first kappa shape index (κ1) is 29.9. The quantitative estimate of drug-likeness (QED) is 0.217. The molecular formula is C33H33N5O6. The van der Waals surface area contributed by atoms with E-state index in [0.29, 0.717) is 45.3 Å². The van der Waals surface area contributed by atoms with Crippen molar-refractivity contribution in [3.05, 3.63) is 102 Å². The van der Waals surface area contributed by atoms with Crippen molar-refractivity contribution in [3.8, 4) is 23.0 Å². The van der Waals surface area contributed by atoms with E-state index < -0.39 is 11.9 Å². The van der Waals surface area contributed by atoms with E-state index in [4.69, 9.17) is 18.9 Å². The lowest BCUT2D eigenvalue weighted by Gasteiger charge is -2.32. The fourth-order valence-electron chi connectivity index (χ4n) is 4.97. The van der Waals surface area contributed by atoms with Crippen LogP contribution in [0.15, 0.2) is 91.0 Å². The Labute approximate surface area is 254 Å². The smallest absolute Gasteiger partial charge is 0.251 e. The Morgan fingerprint density at radius 3 is 2.11 bits per heavy atom. The second kappa shape index (κ2) is 13.6. The molecule has 1 N–H and O–H groups in total. The Kier molecular flexibility index (Phi) is 9.24. The molecule has 0 saturated heterocycles. The maximum absolute atomic E-state index is 14.3. The van der Waals surface area contributed by atoms with Gasteiger partial charge in [-0.05, 0) is 59.7 Å². The van der Waals surface area contributed by atoms with Crippen LogP contribution in [-0.4, -0.2) is 60.1 Å². The van der Waals surface area contributed by atoms with Gasteiger partial charge < -0.3 is 29.2 Å². The first-order valence-electron chi connectivity index (χ1n) is 13.8. The number of nitrogens with zero attached hydrogens (tertiary/aromatic N) is 4. The third kappa shape index (κ3) is 6.41. The first-order valence-corrected chi connectivity index (χ1v) is 13.8. The Bertz CT molecular complexity index is 1710. The topological polar surface area (TPSA) is 117 Å². The molecular weight excluding hydrogens is 562 g/mol. The van der Waals surface area contributed by atoms with Gasteiger partial charge in [0.2, 0.25) is 11.7 Å². The molecule has 44 heavy (non-hydrogen) atoms. The van der Waals surface area contributed by atoms with Gasteiger partial charge in [-0.3, -0.25) is 9.59 Å². The number of benzene rings is 4. The Hall–Kier alpha value is -5.58. The number of para-hydroxylation sites is 1. The Balaban J connectivity index is 1.62. The minimum absolute atomic E-state index is 0.129. The van der Waals surface area contributed by atoms with Gasteiger partial charge in [0.25, 0.3) is 5.91 Å². The highest BCUT2D eigenvalue weighted by atomic mass is 16.5. The van der Waals surface area contributed by atoms with Crippen molar-refractivity contribution in [1.29, 1.82) is 0 Å². The Morgan fingerprint density at radius 1 is 0.818 bits per heavy atom. The van der Waals surface area contributed by atoms with Gasteiger partial charge in [-0.1, -0.05) is 47.7 Å². The predicted molar refractivity (Wildman–Crippen MR) is 165 cm³/mol. The molecule has 11 nitrogen and oxygen atoms in total. The second-order valence-electron chi connectivity index (χ2n) is 9.82. The largest absolute Gasteiger partial charge is 0.497 e. The number of fused-ring (bicyclic) bond motifs is 1. The summed E-state index contributed by atoms with van der Waals surface area (Å²) in [5.74, 6) is 0.899. The predicted octanol–water partition coefficient (Wildman–Crippen LogP) is 4.87. The molecule has 5 aromatic rings. The number of carbonyl (C=O) groups is 2. The SMILES string of the molecule is COc1ccc(NC(=O)C(c2cc(OC)c(OC)c(OC)c2)N(Cc2ccccc2)C(=O)Cn2nnc3ccccc32)cc1. The van der Waals surface area contributed by atoms with E-state index in [0.717, 1.165) is 5.56 Å². The molecule has 4 aromatic carbocycles. The van der Waals surface area contributed by atoms with Crippen LogP contribution in [0.1, 0.15) is 17.2 Å². The summed E-state index contributed by atoms with van der Waals surface area (Å²) in [6.45, 7) is -0.0201. The van der Waals surface area contributed by atoms with E-state index in [9.17, 15) is 9.59 Å². The van der Waals surface area contributed by atoms with E-state index in [2.05, 4.69) is 15.6 Å². The molecule has 0 aliphatic heterocycles. The minimum Gasteiger partial charge on any atom is -0.497 e. The number of amides is 2. The van der Waals surface area contributed by atoms with Crippen LogP contribution in [0.2, 0.25) is 0 Å². The molecule has 0 fully saturated rings. The number of anilines is 1. The molecule has 0 spiro atoms. The van der Waals surface area contributed by atoms with Gasteiger partial charge in [-0.2, -0.15) is 0 Å². The second-order valence-corrected chi connectivity index (χ2v) is 9.82. The zero-order chi connectivity index (χ0) is 31.1. The number of aromatic nitrogens is 3. The van der Waals surface area contributed by atoms with E-state index >= 15 is 0 Å². The number of hydrogen-bond donors (Lipinski definition) is 1. The van der Waals surface area contributed by atoms with Gasteiger partial charge in [0.1, 0.15) is 23.9 Å². The maximum Gasteiger partial charge on any atom is 0.251 e. The zero-order valence-electron chi connectivity index (χ0n) is 24.9. The lowest BCUT2D eigenvalue weighted by atomic mass is 10.0. The normalized spacial score (nSPS) is 11.5. The number of carbonyl (C=O) groups excluding carboxylic acids is 2. The van der Waals surface area contributed by atoms with Crippen LogP contribution >= 0.6 is 0 Å². The maximum atomic E-state index is 14.3. The van der Waals surface area contributed by atoms with Gasteiger partial charge in [0, 0.05) is 12.2 Å². The average molecular weight is 596 g/mol. The molecule has 0 aliphatic carbocycles. The number of methoxy groups -OCH3 is 4. The Morgan fingerprint density at radius 2 is 1.48 bits per heavy atom. The van der Waals surface area contributed by atoms with Crippen molar-refractivity contribution in [3.63, 3.8) is 0 Å². The van der Waals surface area contributed by atoms with Gasteiger partial charge in [-0.15, -0.1) is 5.10 Å². The molecule has 2 amide bonds. The first-order chi connectivity index (χ1) is 21.4. The zero-order valence-corrected chi connectivity index (χ0v) is 24.9. The average Bonchev–Trinajstić information content (AvgIpc) is 3.47. The molecule has 0 bridgehead atoms. The minimum atomic E-state index is -1.12. The molecule has 1 aromatic heterocycles. The standard InChI is InChI=1S/C33H33N5O6/c1-41-25-16-14-24(15-17-25)34-33(40)31(23-18-28(42-2)32(44-4)29(19-23)43-3)37(20-22-10-6-5-7-11-22)30(39)21-38-27-13-9-8-12-26(27)35-36-38/h5-19,31H,20-21H2,1-4H3,(H,34,40). The van der Waals surface area contributed by atoms with Crippen LogP contribution < -0.4 is 24.3 Å². The summed E-state index contributed by atoms with van der Waals surface area (Å²) in [7, 11) is 6.06. The molecule has 0 aliphatic rings. The van der Waals surface area contributed by atoms with E-state index in [1.54, 1.807) is 43.5 Å². The molecule has 1 heterocycles. The summed E-state index contributed by atoms with van der Waals surface area (Å²) < 4.78 is 23.5. The highest BCUT2D eigenvalue weighted by molar-refractivity contribution is 5.98. The summed E-state index contributed by atoms with van der Waals surface area (Å²) in [5, 5.41) is 11.4. The number of nitrogens with one attached hydrogen (secondary N) is 1. The number of hydrogen-bond acceptors (Lipinski definition) is 8. The summed E-state index contributed by atoms with van der Waals surface area (Å²) in [6, 6.07) is 26.0. The highest BCUT2D eigenvalue weighted by Gasteiger charge is 2.34. The lowest BCUT2D eigenvalue weighted by Crippen LogP contribution is -2.42. The van der Waals surface area contributed by atoms with Crippen molar-refractivity contribution in [2.75, 3.05) is 33.8 Å². The third-order valence-corrected chi connectivity index (χ3v) is 7.14. The van der Waals surface area contributed by atoms with Gasteiger partial charge in [0.15, 0.2) is 11.5 Å². The molecule has 5 rings (SSSR count). The van der Waals surface area contributed by atoms with Crippen LogP contribution in [-0.2, 0) is 22.7 Å². The summed E-state index contributed by atoms with van der Waals surface area (Å²) in [5.41, 5.74) is 3.18. The number of rotatable bonds is 12. The highest BCUT2D eigenvalue weighted by Crippen LogP contribution is 2.41. The van der Waals surface area contributed by atoms with Gasteiger partial charge in [-0.25, -0.2) is 4.68 Å². The third-order valence-electron chi connectivity index (χ3n) is 7.14. The molecule has 0 saturated carbocycles. The molecule has 0 radical (unpaired) electrons. The fourth-order valence-corrected chi connectivity index (χ4v) is 4.97. The van der Waals surface area contributed by atoms with Crippen molar-refractivity contribution >= 4 is 28.5 Å². The van der Waals surface area contributed by atoms with Crippen molar-refractivity contribution in [1.82, 2.24) is 19.9 Å². The van der Waals surface area contributed by atoms with Gasteiger partial charge in [0.05, 0.1) is 34.0 Å². The van der Waals surface area contributed by atoms with Crippen molar-refractivity contribution in [2.45, 2.75) is 19.1 Å². The molecule has 1 unspecified atom stereocenters. The monoisotopic (exact) mass is 595 g/mol. The van der Waals surface area contributed by atoms with Crippen molar-refractivity contribution < 1.29 is 28.5 Å².